The Bertz CT molecular complexity index is 782. The predicted molar refractivity (Wildman–Crippen MR) is 94.3 cm³/mol. The van der Waals surface area contributed by atoms with Crippen molar-refractivity contribution in [2.45, 2.75) is 6.42 Å². The van der Waals surface area contributed by atoms with Gasteiger partial charge in [-0.05, 0) is 36.8 Å². The van der Waals surface area contributed by atoms with Crippen LogP contribution in [0.1, 0.15) is 27.1 Å². The summed E-state index contributed by atoms with van der Waals surface area (Å²) in [6, 6.07) is 13.1. The minimum absolute atomic E-state index is 0.0280. The van der Waals surface area contributed by atoms with Gasteiger partial charge in [0.05, 0.1) is 5.02 Å². The van der Waals surface area contributed by atoms with Crippen LogP contribution >= 0.6 is 11.6 Å². The SMILES string of the molecule is O=C(c1ccccc1)N1CCCN(C(=O)c2ccc(F)c(Cl)c2)CC1. The third kappa shape index (κ3) is 3.99. The summed E-state index contributed by atoms with van der Waals surface area (Å²) >= 11 is 5.76. The largest absolute Gasteiger partial charge is 0.337 e. The maximum Gasteiger partial charge on any atom is 0.253 e. The Morgan fingerprint density at radius 2 is 1.44 bits per heavy atom. The molecule has 2 amide bonds. The Kier molecular flexibility index (Phi) is 5.34. The number of amides is 2. The summed E-state index contributed by atoms with van der Waals surface area (Å²) in [5.41, 5.74) is 1.00. The summed E-state index contributed by atoms with van der Waals surface area (Å²) in [5.74, 6) is -0.774. The lowest BCUT2D eigenvalue weighted by atomic mass is 10.2. The monoisotopic (exact) mass is 360 g/mol. The molecule has 0 aromatic heterocycles. The van der Waals surface area contributed by atoms with Crippen LogP contribution in [0.15, 0.2) is 48.5 Å². The van der Waals surface area contributed by atoms with E-state index >= 15 is 0 Å². The summed E-state index contributed by atoms with van der Waals surface area (Å²) in [6.07, 6.45) is 0.694. The summed E-state index contributed by atoms with van der Waals surface area (Å²) in [4.78, 5) is 28.6. The van der Waals surface area contributed by atoms with Crippen molar-refractivity contribution < 1.29 is 14.0 Å². The standard InChI is InChI=1S/C19H18ClFN2O2/c20-16-13-15(7-8-17(16)21)19(25)23-10-4-9-22(11-12-23)18(24)14-5-2-1-3-6-14/h1-3,5-8,13H,4,9-12H2. The molecule has 4 nitrogen and oxygen atoms in total. The second kappa shape index (κ2) is 7.66. The number of rotatable bonds is 2. The maximum atomic E-state index is 13.3. The van der Waals surface area contributed by atoms with Gasteiger partial charge >= 0.3 is 0 Å². The van der Waals surface area contributed by atoms with E-state index in [1.807, 2.05) is 18.2 Å². The second-order valence-corrected chi connectivity index (χ2v) is 6.34. The van der Waals surface area contributed by atoms with Gasteiger partial charge in [0, 0.05) is 37.3 Å². The Balaban J connectivity index is 1.68. The average molecular weight is 361 g/mol. The van der Waals surface area contributed by atoms with Crippen LogP contribution in [0, 0.1) is 5.82 Å². The highest BCUT2D eigenvalue weighted by Gasteiger charge is 2.23. The number of carbonyl (C=O) groups is 2. The number of hydrogen-bond donors (Lipinski definition) is 0. The molecule has 0 aliphatic carbocycles. The summed E-state index contributed by atoms with van der Waals surface area (Å²) in [5, 5.41) is -0.0680. The second-order valence-electron chi connectivity index (χ2n) is 5.93. The first-order valence-electron chi connectivity index (χ1n) is 8.15. The van der Waals surface area contributed by atoms with Crippen LogP contribution in [0.3, 0.4) is 0 Å². The van der Waals surface area contributed by atoms with Crippen molar-refractivity contribution in [1.29, 1.82) is 0 Å². The third-order valence-electron chi connectivity index (χ3n) is 4.26. The molecule has 130 valence electrons. The van der Waals surface area contributed by atoms with Crippen molar-refractivity contribution in [1.82, 2.24) is 9.80 Å². The molecule has 0 bridgehead atoms. The Morgan fingerprint density at radius 1 is 0.840 bits per heavy atom. The molecule has 0 N–H and O–H groups in total. The number of halogens is 2. The molecule has 0 atom stereocenters. The number of nitrogens with zero attached hydrogens (tertiary/aromatic N) is 2. The lowest BCUT2D eigenvalue weighted by Gasteiger charge is -2.22. The van der Waals surface area contributed by atoms with Crippen LogP contribution in [-0.2, 0) is 0 Å². The molecule has 2 aromatic carbocycles. The topological polar surface area (TPSA) is 40.6 Å². The molecule has 0 saturated carbocycles. The summed E-state index contributed by atoms with van der Waals surface area (Å²) in [7, 11) is 0. The van der Waals surface area contributed by atoms with E-state index in [2.05, 4.69) is 0 Å². The third-order valence-corrected chi connectivity index (χ3v) is 4.55. The van der Waals surface area contributed by atoms with Gasteiger partial charge in [-0.1, -0.05) is 29.8 Å². The normalized spacial score (nSPS) is 15.0. The van der Waals surface area contributed by atoms with Gasteiger partial charge in [-0.2, -0.15) is 0 Å². The van der Waals surface area contributed by atoms with Gasteiger partial charge in [-0.25, -0.2) is 4.39 Å². The molecular formula is C19H18ClFN2O2. The van der Waals surface area contributed by atoms with E-state index in [1.54, 1.807) is 21.9 Å². The molecule has 6 heteroatoms. The highest BCUT2D eigenvalue weighted by molar-refractivity contribution is 6.31. The van der Waals surface area contributed by atoms with E-state index < -0.39 is 5.82 Å². The maximum absolute atomic E-state index is 13.3. The number of carbonyl (C=O) groups excluding carboxylic acids is 2. The first-order valence-corrected chi connectivity index (χ1v) is 8.53. The van der Waals surface area contributed by atoms with Crippen molar-refractivity contribution in [2.75, 3.05) is 26.2 Å². The van der Waals surface area contributed by atoms with E-state index in [0.717, 1.165) is 0 Å². The highest BCUT2D eigenvalue weighted by Crippen LogP contribution is 2.18. The van der Waals surface area contributed by atoms with E-state index in [9.17, 15) is 14.0 Å². The van der Waals surface area contributed by atoms with Gasteiger partial charge < -0.3 is 9.80 Å². The van der Waals surface area contributed by atoms with Gasteiger partial charge in [0.15, 0.2) is 0 Å². The van der Waals surface area contributed by atoms with Crippen molar-refractivity contribution in [3.05, 3.63) is 70.5 Å². The van der Waals surface area contributed by atoms with Crippen molar-refractivity contribution >= 4 is 23.4 Å². The molecular weight excluding hydrogens is 343 g/mol. The van der Waals surface area contributed by atoms with E-state index in [1.165, 1.54) is 18.2 Å². The average Bonchev–Trinajstić information content (AvgIpc) is 2.89. The van der Waals surface area contributed by atoms with Crippen LogP contribution in [0.25, 0.3) is 0 Å². The molecule has 0 spiro atoms. The zero-order valence-corrected chi connectivity index (χ0v) is 14.4. The number of benzene rings is 2. The molecule has 1 saturated heterocycles. The van der Waals surface area contributed by atoms with Gasteiger partial charge in [-0.15, -0.1) is 0 Å². The first-order chi connectivity index (χ1) is 12.1. The Hall–Kier alpha value is -2.40. The molecule has 3 rings (SSSR count). The van der Waals surface area contributed by atoms with Gasteiger partial charge in [0.25, 0.3) is 11.8 Å². The molecule has 2 aromatic rings. The lowest BCUT2D eigenvalue weighted by Crippen LogP contribution is -2.37. The Morgan fingerprint density at radius 3 is 2.04 bits per heavy atom. The van der Waals surface area contributed by atoms with Crippen molar-refractivity contribution in [3.63, 3.8) is 0 Å². The molecule has 0 unspecified atom stereocenters. The van der Waals surface area contributed by atoms with Crippen molar-refractivity contribution in [2.24, 2.45) is 0 Å². The summed E-state index contributed by atoms with van der Waals surface area (Å²) in [6.45, 7) is 2.05. The van der Waals surface area contributed by atoms with E-state index in [0.29, 0.717) is 43.7 Å². The first kappa shape index (κ1) is 17.4. The molecule has 0 radical (unpaired) electrons. The van der Waals surface area contributed by atoms with Crippen LogP contribution in [-0.4, -0.2) is 47.8 Å². The predicted octanol–water partition coefficient (Wildman–Crippen LogP) is 3.47. The fraction of sp³-hybridized carbons (Fsp3) is 0.263. The molecule has 1 aliphatic heterocycles. The molecule has 1 aliphatic rings. The fourth-order valence-corrected chi connectivity index (χ4v) is 3.08. The van der Waals surface area contributed by atoms with E-state index in [-0.39, 0.29) is 16.8 Å². The summed E-state index contributed by atoms with van der Waals surface area (Å²) < 4.78 is 13.3. The molecule has 25 heavy (non-hydrogen) atoms. The zero-order chi connectivity index (χ0) is 17.8. The highest BCUT2D eigenvalue weighted by atomic mass is 35.5. The lowest BCUT2D eigenvalue weighted by molar-refractivity contribution is 0.0718. The minimum Gasteiger partial charge on any atom is -0.337 e. The van der Waals surface area contributed by atoms with Gasteiger partial charge in [0.1, 0.15) is 5.82 Å². The minimum atomic E-state index is -0.547. The van der Waals surface area contributed by atoms with Crippen LogP contribution in [0.4, 0.5) is 4.39 Å². The fourth-order valence-electron chi connectivity index (χ4n) is 2.90. The molecule has 1 fully saturated rings. The Labute approximate surface area is 150 Å². The van der Waals surface area contributed by atoms with Crippen LogP contribution < -0.4 is 0 Å². The van der Waals surface area contributed by atoms with Crippen molar-refractivity contribution in [3.8, 4) is 0 Å². The van der Waals surface area contributed by atoms with Gasteiger partial charge in [-0.3, -0.25) is 9.59 Å². The van der Waals surface area contributed by atoms with Gasteiger partial charge in [0.2, 0.25) is 0 Å². The van der Waals surface area contributed by atoms with Crippen LogP contribution in [0.2, 0.25) is 5.02 Å². The van der Waals surface area contributed by atoms with Crippen LogP contribution in [0.5, 0.6) is 0 Å². The smallest absolute Gasteiger partial charge is 0.253 e. The van der Waals surface area contributed by atoms with E-state index in [4.69, 9.17) is 11.6 Å². The molecule has 1 heterocycles. The number of hydrogen-bond acceptors (Lipinski definition) is 2. The quantitative estimate of drug-likeness (QED) is 0.822. The zero-order valence-electron chi connectivity index (χ0n) is 13.6.